The van der Waals surface area contributed by atoms with Crippen LogP contribution in [0.2, 0.25) is 0 Å². The number of hydrogen-bond donors (Lipinski definition) is 3. The van der Waals surface area contributed by atoms with Crippen molar-refractivity contribution in [3.8, 4) is 0 Å². The van der Waals surface area contributed by atoms with Crippen LogP contribution in [-0.4, -0.2) is 76.3 Å². The summed E-state index contributed by atoms with van der Waals surface area (Å²) in [6.07, 6.45) is 1.95. The Balaban J connectivity index is 1.44. The van der Waals surface area contributed by atoms with Gasteiger partial charge in [-0.2, -0.15) is 8.78 Å². The van der Waals surface area contributed by atoms with Gasteiger partial charge in [-0.25, -0.2) is 0 Å². The first kappa shape index (κ1) is 26.2. The van der Waals surface area contributed by atoms with Crippen LogP contribution in [0, 0.1) is 0 Å². The summed E-state index contributed by atoms with van der Waals surface area (Å²) in [5.41, 5.74) is 6.79. The van der Waals surface area contributed by atoms with Crippen LogP contribution in [0.5, 0.6) is 0 Å². The molecular formula is C27H33F2N3O4. The van der Waals surface area contributed by atoms with Crippen LogP contribution in [0.1, 0.15) is 53.1 Å². The second-order valence-electron chi connectivity index (χ2n) is 9.81. The molecule has 0 unspecified atom stereocenters. The molecule has 2 saturated heterocycles. The molecule has 0 radical (unpaired) electrons. The van der Waals surface area contributed by atoms with Gasteiger partial charge in [0, 0.05) is 36.3 Å². The predicted molar refractivity (Wildman–Crippen MR) is 130 cm³/mol. The minimum atomic E-state index is -3.30. The van der Waals surface area contributed by atoms with Crippen molar-refractivity contribution in [1.29, 1.82) is 0 Å². The monoisotopic (exact) mass is 501 g/mol. The Hall–Kier alpha value is -2.88. The number of rotatable bonds is 10. The summed E-state index contributed by atoms with van der Waals surface area (Å²) in [5.74, 6) is -4.39. The molecule has 194 valence electrons. The highest BCUT2D eigenvalue weighted by molar-refractivity contribution is 5.92. The van der Waals surface area contributed by atoms with E-state index in [2.05, 4.69) is 4.90 Å². The SMILES string of the molecule is NC(=O)c1cccc([C@H]2C[C@H]3CC[C@@H](C2)N3CCN(CC(F)(F)c2ccccc2)C(=O)[C@@H](O)CO)c1. The Bertz CT molecular complexity index is 1050. The van der Waals surface area contributed by atoms with Gasteiger partial charge in [0.2, 0.25) is 5.91 Å². The predicted octanol–water partition coefficient (Wildman–Crippen LogP) is 2.47. The standard InChI is InChI=1S/C27H33F2N3O4/c28-27(29,21-7-2-1-3-8-21)17-31(26(36)24(34)16-33)11-12-32-22-9-10-23(32)15-20(14-22)18-5-4-6-19(13-18)25(30)35/h1-8,13,20,22-24,33-34H,9-12,14-17H2,(H2,30,35)/t20-,22+,23-,24-/m0/s1. The lowest BCUT2D eigenvalue weighted by molar-refractivity contribution is -0.148. The Labute approximate surface area is 209 Å². The van der Waals surface area contributed by atoms with Crippen molar-refractivity contribution < 1.29 is 28.6 Å². The second kappa shape index (κ2) is 11.0. The molecule has 2 amide bonds. The number of piperidine rings is 1. The van der Waals surface area contributed by atoms with Crippen LogP contribution in [0.4, 0.5) is 8.78 Å². The summed E-state index contributed by atoms with van der Waals surface area (Å²) >= 11 is 0. The number of nitrogens with zero attached hydrogens (tertiary/aromatic N) is 2. The lowest BCUT2D eigenvalue weighted by Crippen LogP contribution is -2.51. The lowest BCUT2D eigenvalue weighted by atomic mass is 9.84. The number of aliphatic hydroxyl groups excluding tert-OH is 2. The van der Waals surface area contributed by atoms with E-state index in [4.69, 9.17) is 5.73 Å². The van der Waals surface area contributed by atoms with Crippen LogP contribution in [-0.2, 0) is 10.7 Å². The highest BCUT2D eigenvalue weighted by atomic mass is 19.3. The number of carbonyl (C=O) groups excluding carboxylic acids is 2. The maximum atomic E-state index is 15.0. The van der Waals surface area contributed by atoms with Gasteiger partial charge < -0.3 is 20.8 Å². The fourth-order valence-corrected chi connectivity index (χ4v) is 5.66. The minimum Gasteiger partial charge on any atom is -0.393 e. The Morgan fingerprint density at radius 2 is 1.75 bits per heavy atom. The average Bonchev–Trinajstić information content (AvgIpc) is 3.12. The summed E-state index contributed by atoms with van der Waals surface area (Å²) in [5, 5.41) is 19.2. The number of fused-ring (bicyclic) bond motifs is 2. The molecule has 2 aliphatic heterocycles. The van der Waals surface area contributed by atoms with Gasteiger partial charge in [0.15, 0.2) is 6.10 Å². The van der Waals surface area contributed by atoms with Crippen molar-refractivity contribution in [3.05, 3.63) is 71.3 Å². The molecule has 4 rings (SSSR count). The van der Waals surface area contributed by atoms with Crippen LogP contribution < -0.4 is 5.73 Å². The van der Waals surface area contributed by atoms with Crippen molar-refractivity contribution in [2.24, 2.45) is 5.73 Å². The zero-order chi connectivity index (χ0) is 25.9. The van der Waals surface area contributed by atoms with E-state index in [-0.39, 0.29) is 30.1 Å². The fourth-order valence-electron chi connectivity index (χ4n) is 5.66. The first-order chi connectivity index (χ1) is 17.2. The van der Waals surface area contributed by atoms with E-state index in [1.54, 1.807) is 12.1 Å². The van der Waals surface area contributed by atoms with Gasteiger partial charge in [0.05, 0.1) is 13.2 Å². The molecular weight excluding hydrogens is 468 g/mol. The van der Waals surface area contributed by atoms with Gasteiger partial charge in [0.25, 0.3) is 11.8 Å². The Morgan fingerprint density at radius 1 is 1.08 bits per heavy atom. The molecule has 2 bridgehead atoms. The zero-order valence-corrected chi connectivity index (χ0v) is 20.1. The molecule has 2 aromatic carbocycles. The van der Waals surface area contributed by atoms with Crippen LogP contribution in [0.3, 0.4) is 0 Å². The molecule has 2 fully saturated rings. The van der Waals surface area contributed by atoms with Crippen LogP contribution in [0.25, 0.3) is 0 Å². The number of hydrogen-bond acceptors (Lipinski definition) is 5. The number of nitrogens with two attached hydrogens (primary N) is 1. The van der Waals surface area contributed by atoms with Crippen molar-refractivity contribution in [2.45, 2.75) is 55.7 Å². The largest absolute Gasteiger partial charge is 0.393 e. The summed E-state index contributed by atoms with van der Waals surface area (Å²) in [4.78, 5) is 27.5. The molecule has 0 saturated carbocycles. The maximum absolute atomic E-state index is 15.0. The smallest absolute Gasteiger partial charge is 0.290 e. The van der Waals surface area contributed by atoms with Gasteiger partial charge in [-0.05, 0) is 49.3 Å². The fraction of sp³-hybridized carbons (Fsp3) is 0.481. The molecule has 7 nitrogen and oxygen atoms in total. The number of aliphatic hydroxyl groups is 2. The van der Waals surface area contributed by atoms with Crippen molar-refractivity contribution in [1.82, 2.24) is 9.80 Å². The lowest BCUT2D eigenvalue weighted by Gasteiger charge is -2.40. The highest BCUT2D eigenvalue weighted by Crippen LogP contribution is 2.43. The van der Waals surface area contributed by atoms with Gasteiger partial charge in [-0.1, -0.05) is 42.5 Å². The number of carbonyl (C=O) groups is 2. The van der Waals surface area contributed by atoms with E-state index in [1.807, 2.05) is 18.2 Å². The molecule has 2 aromatic rings. The third-order valence-corrected chi connectivity index (χ3v) is 7.51. The summed E-state index contributed by atoms with van der Waals surface area (Å²) < 4.78 is 30.0. The minimum absolute atomic E-state index is 0.0210. The Morgan fingerprint density at radius 3 is 2.36 bits per heavy atom. The molecule has 4 N–H and O–H groups in total. The first-order valence-corrected chi connectivity index (χ1v) is 12.4. The normalized spacial score (nSPS) is 22.8. The van der Waals surface area contributed by atoms with E-state index in [9.17, 15) is 19.8 Å². The maximum Gasteiger partial charge on any atom is 0.290 e. The molecule has 0 spiro atoms. The molecule has 0 aromatic heterocycles. The number of amides is 2. The molecule has 4 atom stereocenters. The molecule has 2 heterocycles. The van der Waals surface area contributed by atoms with Gasteiger partial charge in [0.1, 0.15) is 0 Å². The topological polar surface area (TPSA) is 107 Å². The van der Waals surface area contributed by atoms with Crippen molar-refractivity contribution >= 4 is 11.8 Å². The highest BCUT2D eigenvalue weighted by Gasteiger charge is 2.42. The van der Waals surface area contributed by atoms with Crippen molar-refractivity contribution in [3.63, 3.8) is 0 Å². The van der Waals surface area contributed by atoms with Crippen molar-refractivity contribution in [2.75, 3.05) is 26.2 Å². The number of benzene rings is 2. The first-order valence-electron chi connectivity index (χ1n) is 12.4. The quantitative estimate of drug-likeness (QED) is 0.464. The van der Waals surface area contributed by atoms with E-state index >= 15 is 8.78 Å². The summed E-state index contributed by atoms with van der Waals surface area (Å²) in [6, 6.07) is 15.2. The van der Waals surface area contributed by atoms with Gasteiger partial charge >= 0.3 is 0 Å². The van der Waals surface area contributed by atoms with E-state index in [0.717, 1.165) is 36.1 Å². The number of primary amides is 1. The van der Waals surface area contributed by atoms with E-state index < -0.39 is 37.0 Å². The Kier molecular flexibility index (Phi) is 8.02. The van der Waals surface area contributed by atoms with Gasteiger partial charge in [-0.15, -0.1) is 0 Å². The number of alkyl halides is 2. The molecule has 9 heteroatoms. The van der Waals surface area contributed by atoms with E-state index in [0.29, 0.717) is 12.1 Å². The average molecular weight is 502 g/mol. The van der Waals surface area contributed by atoms with Crippen LogP contribution in [0.15, 0.2) is 54.6 Å². The number of halogens is 2. The summed E-state index contributed by atoms with van der Waals surface area (Å²) in [7, 11) is 0. The van der Waals surface area contributed by atoms with Gasteiger partial charge in [-0.3, -0.25) is 14.5 Å². The summed E-state index contributed by atoms with van der Waals surface area (Å²) in [6.45, 7) is -1.28. The third kappa shape index (κ3) is 5.74. The molecule has 0 aliphatic carbocycles. The second-order valence-corrected chi connectivity index (χ2v) is 9.81. The molecule has 2 aliphatic rings. The van der Waals surface area contributed by atoms with E-state index in [1.165, 1.54) is 24.3 Å². The van der Waals surface area contributed by atoms with Crippen LogP contribution >= 0.6 is 0 Å². The zero-order valence-electron chi connectivity index (χ0n) is 20.1. The molecule has 36 heavy (non-hydrogen) atoms. The third-order valence-electron chi connectivity index (χ3n) is 7.51.